The van der Waals surface area contributed by atoms with Gasteiger partial charge in [0.2, 0.25) is 11.8 Å². The number of methoxy groups -OCH3 is 2. The first-order valence-corrected chi connectivity index (χ1v) is 25.6. The lowest BCUT2D eigenvalue weighted by Gasteiger charge is -1.98. The molecule has 438 valence electrons. The molecule has 0 spiro atoms. The molecule has 11 N–H and O–H groups in total. The van der Waals surface area contributed by atoms with Crippen LogP contribution >= 0.6 is 0 Å². The number of imidazole rings is 2. The van der Waals surface area contributed by atoms with Crippen LogP contribution in [0.15, 0.2) is 79.3 Å². The third-order valence-corrected chi connectivity index (χ3v) is 9.89. The van der Waals surface area contributed by atoms with Crippen LogP contribution in [-0.4, -0.2) is 120 Å². The first-order chi connectivity index (χ1) is 38.2. The number of nitrogens with one attached hydrogen (secondary N) is 11. The van der Waals surface area contributed by atoms with E-state index in [0.717, 1.165) is 46.1 Å². The van der Waals surface area contributed by atoms with Gasteiger partial charge in [-0.3, -0.25) is 29.4 Å². The smallest absolute Gasteiger partial charge is 0.354 e. The van der Waals surface area contributed by atoms with Gasteiger partial charge in [0, 0.05) is 79.4 Å². The van der Waals surface area contributed by atoms with Gasteiger partial charge in [0.25, 0.3) is 0 Å². The SMILES string of the molecule is CC(=O)Nc1ccc(NC(C)=O)[nH]1.CCC(=O)c1ccc(C(=O)CC)[nH]1.COC(=O)c1ccc(C(=O)OC)[nH]1.Cc1c[nH]c(C)c1.Cc1cc(C)[nH]n1.Cc1ccc(C)[nH]1.Cc1cnc(C)[nH]1.Cc1cnc(C)[nH]1.Cc1n[nH]c(C)n1. The fourth-order valence-electron chi connectivity index (χ4n) is 6.27. The normalized spacial score (nSPS) is 9.51. The molecule has 2 amide bonds. The van der Waals surface area contributed by atoms with Crippen LogP contribution in [0.4, 0.5) is 11.6 Å². The Labute approximate surface area is 473 Å². The van der Waals surface area contributed by atoms with Crippen LogP contribution in [-0.2, 0) is 19.1 Å². The number of nitrogens with zero attached hydrogens (tertiary/aromatic N) is 5. The molecule has 0 fully saturated rings. The lowest BCUT2D eigenvalue weighted by Crippen LogP contribution is -2.08. The molecule has 9 heterocycles. The summed E-state index contributed by atoms with van der Waals surface area (Å²) in [5.74, 6) is 3.50. The van der Waals surface area contributed by atoms with Gasteiger partial charge in [0.1, 0.15) is 46.3 Å². The van der Waals surface area contributed by atoms with E-state index in [2.05, 4.69) is 115 Å². The molecule has 0 unspecified atom stereocenters. The van der Waals surface area contributed by atoms with Gasteiger partial charge in [-0.25, -0.2) is 24.5 Å². The number of aromatic nitrogens is 14. The molecular weight excluding hydrogens is 1040 g/mol. The summed E-state index contributed by atoms with van der Waals surface area (Å²) in [5, 5.41) is 18.3. The summed E-state index contributed by atoms with van der Waals surface area (Å²) in [5.41, 5.74) is 10.9. The van der Waals surface area contributed by atoms with Gasteiger partial charge in [0.05, 0.1) is 31.3 Å². The predicted molar refractivity (Wildman–Crippen MR) is 313 cm³/mol. The number of H-pyrrole nitrogens is 9. The predicted octanol–water partition coefficient (Wildman–Crippen LogP) is 10.5. The molecule has 0 bridgehead atoms. The van der Waals surface area contributed by atoms with Crippen LogP contribution in [0.2, 0.25) is 0 Å². The summed E-state index contributed by atoms with van der Waals surface area (Å²) >= 11 is 0. The summed E-state index contributed by atoms with van der Waals surface area (Å²) in [4.78, 5) is 97.8. The van der Waals surface area contributed by atoms with Crippen molar-refractivity contribution < 1.29 is 38.2 Å². The standard InChI is InChI=1S/C10H13NO2.C8H11N3O2.C8H9NO4.2C6H9N.3C5H8N2.C4H7N3/c1-3-9(12)7-5-6-8(11-7)10(13)4-2;1-5(12)9-7-3-4-8(11-7)10-6(2)13;1-12-7(10)5-3-4-6(9-5)8(11)13-2;1-5-3-6(2)7-4-5;1-5-3-4-6(2)7-5;2*1-4-3-6-5(2)7-4;1-4-3-5(2)7-6-4;1-3-5-4(2)7-6-3/h5-6,11H,3-4H2,1-2H3;3-4,11H,1-2H3,(H,9,12)(H,10,13);3-4,9H,1-2H3;2*3-4,7H,1-2H3;3*3H,1-2H3,(H,6,7);1-2H3,(H,5,6,7). The van der Waals surface area contributed by atoms with Gasteiger partial charge in [-0.05, 0) is 149 Å². The average molecular weight is 1120 g/mol. The Balaban J connectivity index is 0.000000462. The monoisotopic (exact) mass is 1120 g/mol. The minimum Gasteiger partial charge on any atom is -0.464 e. The maximum absolute atomic E-state index is 11.2. The van der Waals surface area contributed by atoms with Crippen molar-refractivity contribution in [2.24, 2.45) is 0 Å². The molecule has 0 aliphatic heterocycles. The number of rotatable bonds is 8. The Morgan fingerprint density at radius 3 is 1.12 bits per heavy atom. The number of Topliss-reactive ketones (excluding diaryl/α,β-unsaturated/α-hetero) is 2. The molecule has 24 nitrogen and oxygen atoms in total. The number of ether oxygens (including phenoxy) is 2. The zero-order valence-corrected chi connectivity index (χ0v) is 49.9. The van der Waals surface area contributed by atoms with Crippen molar-refractivity contribution in [3.05, 3.63) is 171 Å². The summed E-state index contributed by atoms with van der Waals surface area (Å²) in [6, 6.07) is 17.8. The Hall–Kier alpha value is -9.61. The van der Waals surface area contributed by atoms with Crippen LogP contribution in [0.1, 0.15) is 151 Å². The summed E-state index contributed by atoms with van der Waals surface area (Å²) in [6.07, 6.45) is 6.54. The van der Waals surface area contributed by atoms with E-state index < -0.39 is 11.9 Å². The molecule has 0 radical (unpaired) electrons. The second-order valence-electron chi connectivity index (χ2n) is 17.9. The van der Waals surface area contributed by atoms with Crippen LogP contribution in [0.25, 0.3) is 0 Å². The van der Waals surface area contributed by atoms with Gasteiger partial charge in [-0.1, -0.05) is 13.8 Å². The number of aromatic amines is 9. The van der Waals surface area contributed by atoms with E-state index in [1.807, 2.05) is 101 Å². The van der Waals surface area contributed by atoms with Crippen LogP contribution < -0.4 is 10.6 Å². The molecule has 0 saturated carbocycles. The van der Waals surface area contributed by atoms with Crippen molar-refractivity contribution in [3.8, 4) is 0 Å². The highest BCUT2D eigenvalue weighted by Gasteiger charge is 2.13. The van der Waals surface area contributed by atoms with Gasteiger partial charge in [-0.2, -0.15) is 10.2 Å². The highest BCUT2D eigenvalue weighted by atomic mass is 16.5. The number of carbonyl (C=O) groups is 6. The van der Waals surface area contributed by atoms with Gasteiger partial charge in [-0.15, -0.1) is 0 Å². The van der Waals surface area contributed by atoms with Crippen molar-refractivity contribution in [2.45, 2.75) is 124 Å². The lowest BCUT2D eigenvalue weighted by atomic mass is 10.2. The first kappa shape index (κ1) is 69.4. The Morgan fingerprint density at radius 1 is 0.469 bits per heavy atom. The van der Waals surface area contributed by atoms with Crippen molar-refractivity contribution in [1.29, 1.82) is 0 Å². The third kappa shape index (κ3) is 30.8. The van der Waals surface area contributed by atoms with Crippen molar-refractivity contribution in [1.82, 2.24) is 70.2 Å². The summed E-state index contributed by atoms with van der Waals surface area (Å²) in [6.45, 7) is 30.2. The fourth-order valence-corrected chi connectivity index (χ4v) is 6.27. The maximum Gasteiger partial charge on any atom is 0.354 e. The summed E-state index contributed by atoms with van der Waals surface area (Å²) < 4.78 is 8.88. The van der Waals surface area contributed by atoms with E-state index in [9.17, 15) is 28.8 Å². The lowest BCUT2D eigenvalue weighted by molar-refractivity contribution is -0.115. The van der Waals surface area contributed by atoms with E-state index >= 15 is 0 Å². The quantitative estimate of drug-likeness (QED) is 0.0499. The van der Waals surface area contributed by atoms with Crippen molar-refractivity contribution >= 4 is 47.0 Å². The van der Waals surface area contributed by atoms with Crippen molar-refractivity contribution in [2.75, 3.05) is 24.9 Å². The second-order valence-corrected chi connectivity index (χ2v) is 17.9. The van der Waals surface area contributed by atoms with Gasteiger partial charge < -0.3 is 55.0 Å². The number of aryl methyl sites for hydroxylation is 12. The Bertz CT molecular complexity index is 2710. The van der Waals surface area contributed by atoms with E-state index in [1.165, 1.54) is 62.8 Å². The Kier molecular flexibility index (Phi) is 31.9. The largest absolute Gasteiger partial charge is 0.464 e. The number of anilines is 2. The number of esters is 2. The van der Waals surface area contributed by atoms with Crippen LogP contribution in [0.3, 0.4) is 0 Å². The third-order valence-electron chi connectivity index (χ3n) is 9.89. The zero-order chi connectivity index (χ0) is 61.2. The molecule has 24 heteroatoms. The number of hydrogen-bond acceptors (Lipinski definition) is 13. The molecule has 0 saturated heterocycles. The fraction of sp³-hybridized carbons (Fsp3) is 0.351. The van der Waals surface area contributed by atoms with Crippen LogP contribution in [0, 0.1) is 83.1 Å². The maximum atomic E-state index is 11.2. The molecule has 0 aliphatic carbocycles. The molecular formula is C57H82N16O8. The topological polar surface area (TPSA) is 351 Å². The van der Waals surface area contributed by atoms with E-state index in [-0.39, 0.29) is 34.8 Å². The van der Waals surface area contributed by atoms with Gasteiger partial charge in [0.15, 0.2) is 11.6 Å². The molecule has 0 aromatic carbocycles. The molecule has 9 aromatic heterocycles. The van der Waals surface area contributed by atoms with E-state index in [4.69, 9.17) is 0 Å². The molecule has 81 heavy (non-hydrogen) atoms. The minimum atomic E-state index is -0.518. The highest BCUT2D eigenvalue weighted by molar-refractivity contribution is 5.99. The van der Waals surface area contributed by atoms with Crippen LogP contribution in [0.5, 0.6) is 0 Å². The molecule has 0 atom stereocenters. The number of hydrogen-bond donors (Lipinski definition) is 11. The number of ketones is 2. The minimum absolute atomic E-state index is 0.0372. The molecule has 9 rings (SSSR count). The molecule has 9 aromatic rings. The van der Waals surface area contributed by atoms with Gasteiger partial charge >= 0.3 is 11.9 Å². The number of amides is 2. The second kappa shape index (κ2) is 37.2. The first-order valence-electron chi connectivity index (χ1n) is 25.6. The summed E-state index contributed by atoms with van der Waals surface area (Å²) in [7, 11) is 2.53. The van der Waals surface area contributed by atoms with E-state index in [0.29, 0.717) is 35.9 Å². The Morgan fingerprint density at radius 2 is 0.914 bits per heavy atom. The highest BCUT2D eigenvalue weighted by Crippen LogP contribution is 2.12. The average Bonchev–Trinajstić information content (AvgIpc) is 4.28. The zero-order valence-electron chi connectivity index (χ0n) is 49.9. The van der Waals surface area contributed by atoms with E-state index in [1.54, 1.807) is 38.1 Å². The molecule has 0 aliphatic rings. The number of carbonyl (C=O) groups excluding carboxylic acids is 6. The van der Waals surface area contributed by atoms with Crippen molar-refractivity contribution in [3.63, 3.8) is 0 Å².